The van der Waals surface area contributed by atoms with E-state index in [0.29, 0.717) is 17.3 Å². The van der Waals surface area contributed by atoms with Crippen LogP contribution in [0.1, 0.15) is 27.2 Å². The summed E-state index contributed by atoms with van der Waals surface area (Å²) in [5.74, 6) is 1.21. The molecule has 0 atom stereocenters. The number of hydrogen-bond donors (Lipinski definition) is 4. The summed E-state index contributed by atoms with van der Waals surface area (Å²) in [7, 11) is 0. The number of hydrazine groups is 1. The third kappa shape index (κ3) is 4.88. The number of imidazole rings is 1. The Morgan fingerprint density at radius 3 is 2.68 bits per heavy atom. The largest absolute Gasteiger partial charge is 0.393 e. The highest BCUT2D eigenvalue weighted by Crippen LogP contribution is 2.21. The van der Waals surface area contributed by atoms with Gasteiger partial charge in [-0.3, -0.25) is 0 Å². The highest BCUT2D eigenvalue weighted by atomic mass is 15.4. The number of anilines is 3. The van der Waals surface area contributed by atoms with Crippen LogP contribution in [0.25, 0.3) is 0 Å². The molecule has 0 radical (unpaired) electrons. The fraction of sp³-hybridized carbons (Fsp3) is 0.500. The molecule has 0 amide bonds. The van der Waals surface area contributed by atoms with Gasteiger partial charge in [-0.05, 0) is 27.2 Å². The van der Waals surface area contributed by atoms with Gasteiger partial charge in [0.2, 0.25) is 0 Å². The van der Waals surface area contributed by atoms with Crippen molar-refractivity contribution in [3.63, 3.8) is 0 Å². The van der Waals surface area contributed by atoms with Crippen LogP contribution in [0.2, 0.25) is 0 Å². The second-order valence-electron chi connectivity index (χ2n) is 6.07. The maximum absolute atomic E-state index is 6.08. The van der Waals surface area contributed by atoms with Gasteiger partial charge in [0.25, 0.3) is 0 Å². The molecule has 0 saturated heterocycles. The molecule has 8 heteroatoms. The first kappa shape index (κ1) is 16.0. The second-order valence-corrected chi connectivity index (χ2v) is 6.07. The number of nitrogens with one attached hydrogen (secondary N) is 3. The van der Waals surface area contributed by atoms with Crippen molar-refractivity contribution >= 4 is 17.3 Å². The average Bonchev–Trinajstić information content (AvgIpc) is 2.96. The van der Waals surface area contributed by atoms with E-state index < -0.39 is 0 Å². The van der Waals surface area contributed by atoms with E-state index in [1.165, 1.54) is 6.33 Å². The number of nitrogens with zero attached hydrogens (tertiary/aromatic N) is 4. The lowest BCUT2D eigenvalue weighted by atomic mass is 10.1. The smallest absolute Gasteiger partial charge is 0.169 e. The fourth-order valence-corrected chi connectivity index (χ4v) is 1.77. The van der Waals surface area contributed by atoms with Crippen molar-refractivity contribution in [3.8, 4) is 0 Å². The van der Waals surface area contributed by atoms with Gasteiger partial charge in [0.05, 0.1) is 6.33 Å². The minimum Gasteiger partial charge on any atom is -0.393 e. The summed E-state index contributed by atoms with van der Waals surface area (Å²) < 4.78 is 2.03. The van der Waals surface area contributed by atoms with Gasteiger partial charge in [-0.2, -0.15) is 0 Å². The first-order valence-electron chi connectivity index (χ1n) is 7.29. The molecule has 5 N–H and O–H groups in total. The Morgan fingerprint density at radius 1 is 1.23 bits per heavy atom. The molecule has 0 aliphatic rings. The molecule has 2 heterocycles. The molecular formula is C14H24N8. The normalized spacial score (nSPS) is 11.4. The van der Waals surface area contributed by atoms with Gasteiger partial charge in [0, 0.05) is 31.0 Å². The molecular weight excluding hydrogens is 280 g/mol. The quantitative estimate of drug-likeness (QED) is 0.453. The van der Waals surface area contributed by atoms with E-state index in [4.69, 9.17) is 5.73 Å². The molecule has 0 bridgehead atoms. The van der Waals surface area contributed by atoms with Gasteiger partial charge in [0.15, 0.2) is 11.6 Å². The van der Waals surface area contributed by atoms with Crippen LogP contribution < -0.4 is 21.9 Å². The topological polar surface area (TPSA) is 106 Å². The van der Waals surface area contributed by atoms with E-state index >= 15 is 0 Å². The molecule has 8 nitrogen and oxygen atoms in total. The summed E-state index contributed by atoms with van der Waals surface area (Å²) in [6.07, 6.45) is 7.96. The third-order valence-electron chi connectivity index (χ3n) is 2.88. The predicted molar refractivity (Wildman–Crippen MR) is 88.3 cm³/mol. The number of rotatable bonds is 7. The van der Waals surface area contributed by atoms with Crippen molar-refractivity contribution in [2.75, 3.05) is 23.0 Å². The summed E-state index contributed by atoms with van der Waals surface area (Å²) in [5.41, 5.74) is 12.7. The molecule has 0 saturated carbocycles. The first-order valence-corrected chi connectivity index (χ1v) is 7.29. The number of aromatic nitrogens is 4. The molecule has 0 aromatic carbocycles. The van der Waals surface area contributed by atoms with Crippen LogP contribution in [0.15, 0.2) is 25.0 Å². The molecule has 0 unspecified atom stereocenters. The van der Waals surface area contributed by atoms with Crippen LogP contribution in [0.4, 0.5) is 17.3 Å². The highest BCUT2D eigenvalue weighted by Gasteiger charge is 2.12. The number of nitrogen functional groups attached to an aromatic ring is 1. The Kier molecular flexibility index (Phi) is 5.16. The van der Waals surface area contributed by atoms with E-state index in [1.54, 1.807) is 12.5 Å². The van der Waals surface area contributed by atoms with E-state index in [0.717, 1.165) is 19.5 Å². The Balaban J connectivity index is 1.85. The van der Waals surface area contributed by atoms with Gasteiger partial charge >= 0.3 is 0 Å². The lowest BCUT2D eigenvalue weighted by Crippen LogP contribution is -2.40. The average molecular weight is 304 g/mol. The number of nitrogens with two attached hydrogens (primary N) is 1. The molecule has 0 spiro atoms. The molecule has 2 aromatic rings. The zero-order chi connectivity index (χ0) is 16.0. The summed E-state index contributed by atoms with van der Waals surface area (Å²) in [6.45, 7) is 7.81. The summed E-state index contributed by atoms with van der Waals surface area (Å²) in [6, 6.07) is 0. The van der Waals surface area contributed by atoms with Crippen LogP contribution in [-0.2, 0) is 6.54 Å². The summed E-state index contributed by atoms with van der Waals surface area (Å²) in [5, 5.41) is 3.24. The molecule has 0 fully saturated rings. The van der Waals surface area contributed by atoms with Crippen molar-refractivity contribution in [1.29, 1.82) is 0 Å². The van der Waals surface area contributed by atoms with E-state index in [-0.39, 0.29) is 5.54 Å². The van der Waals surface area contributed by atoms with E-state index in [1.807, 2.05) is 31.5 Å². The van der Waals surface area contributed by atoms with Gasteiger partial charge in [-0.15, -0.1) is 0 Å². The summed E-state index contributed by atoms with van der Waals surface area (Å²) >= 11 is 0. The SMILES string of the molecule is CC(C)(C)NNc1ncnc(NCCCn2ccnc2)c1N. The minimum atomic E-state index is -0.0875. The van der Waals surface area contributed by atoms with Gasteiger partial charge in [-0.1, -0.05) is 0 Å². The van der Waals surface area contributed by atoms with Crippen molar-refractivity contribution in [1.82, 2.24) is 24.9 Å². The van der Waals surface area contributed by atoms with Gasteiger partial charge < -0.3 is 21.0 Å². The predicted octanol–water partition coefficient (Wildman–Crippen LogP) is 1.47. The molecule has 0 aliphatic heterocycles. The van der Waals surface area contributed by atoms with Crippen molar-refractivity contribution in [3.05, 3.63) is 25.0 Å². The summed E-state index contributed by atoms with van der Waals surface area (Å²) in [4.78, 5) is 12.3. The standard InChI is InChI=1S/C14H24N8/c1-14(2,3)21-20-13-11(15)12(18-9-19-13)17-5-4-7-22-8-6-16-10-22/h6,8-10,21H,4-5,7,15H2,1-3H3,(H2,17,18,19,20). The number of hydrogen-bond acceptors (Lipinski definition) is 7. The van der Waals surface area contributed by atoms with Crippen molar-refractivity contribution in [2.45, 2.75) is 39.3 Å². The fourth-order valence-electron chi connectivity index (χ4n) is 1.77. The monoisotopic (exact) mass is 304 g/mol. The van der Waals surface area contributed by atoms with Crippen LogP contribution in [0, 0.1) is 0 Å². The van der Waals surface area contributed by atoms with Crippen molar-refractivity contribution in [2.24, 2.45) is 0 Å². The Hall–Kier alpha value is -2.35. The maximum atomic E-state index is 6.08. The van der Waals surface area contributed by atoms with E-state index in [9.17, 15) is 0 Å². The molecule has 120 valence electrons. The zero-order valence-electron chi connectivity index (χ0n) is 13.3. The molecule has 22 heavy (non-hydrogen) atoms. The Morgan fingerprint density at radius 2 is 2.00 bits per heavy atom. The number of aryl methyl sites for hydroxylation is 1. The Labute approximate surface area is 130 Å². The van der Waals surface area contributed by atoms with Crippen LogP contribution in [-0.4, -0.2) is 31.6 Å². The molecule has 2 aromatic heterocycles. The lowest BCUT2D eigenvalue weighted by molar-refractivity contribution is 0.464. The molecule has 2 rings (SSSR count). The van der Waals surface area contributed by atoms with Crippen LogP contribution >= 0.6 is 0 Å². The molecule has 0 aliphatic carbocycles. The zero-order valence-corrected chi connectivity index (χ0v) is 13.3. The van der Waals surface area contributed by atoms with Crippen LogP contribution in [0.3, 0.4) is 0 Å². The maximum Gasteiger partial charge on any atom is 0.169 e. The highest BCUT2D eigenvalue weighted by molar-refractivity contribution is 5.73. The first-order chi connectivity index (χ1) is 10.5. The van der Waals surface area contributed by atoms with Gasteiger partial charge in [0.1, 0.15) is 12.0 Å². The minimum absolute atomic E-state index is 0.0875. The van der Waals surface area contributed by atoms with E-state index in [2.05, 4.69) is 31.1 Å². The second kappa shape index (κ2) is 7.08. The van der Waals surface area contributed by atoms with Gasteiger partial charge in [-0.25, -0.2) is 20.4 Å². The Bertz CT molecular complexity index is 573. The lowest BCUT2D eigenvalue weighted by Gasteiger charge is -2.22. The van der Waals surface area contributed by atoms with Crippen LogP contribution in [0.5, 0.6) is 0 Å². The third-order valence-corrected chi connectivity index (χ3v) is 2.88. The van der Waals surface area contributed by atoms with Crippen molar-refractivity contribution < 1.29 is 0 Å².